The maximum Gasteiger partial charge on any atom is 0.191 e. The number of nitrogens with zero attached hydrogens (tertiary/aromatic N) is 1. The molecule has 0 spiro atoms. The first-order chi connectivity index (χ1) is 9.63. The molecule has 0 aromatic heterocycles. The minimum absolute atomic E-state index is 0. The number of aliphatic imine (C=N–C) groups is 1. The van der Waals surface area contributed by atoms with E-state index >= 15 is 0 Å². The van der Waals surface area contributed by atoms with Gasteiger partial charge in [0, 0.05) is 25.0 Å². The Balaban J connectivity index is 0.00000161. The Hall–Kier alpha value is -0.850. The highest BCUT2D eigenvalue weighted by molar-refractivity contribution is 14.0. The van der Waals surface area contributed by atoms with Gasteiger partial charge in [-0.05, 0) is 42.9 Å². The van der Waals surface area contributed by atoms with Crippen LogP contribution in [0.1, 0.15) is 31.7 Å². The van der Waals surface area contributed by atoms with E-state index in [9.17, 15) is 4.39 Å². The normalized spacial score (nSPS) is 25.8. The van der Waals surface area contributed by atoms with Gasteiger partial charge in [-0.1, -0.05) is 19.1 Å². The molecule has 0 heterocycles. The molecule has 0 aliphatic heterocycles. The predicted octanol–water partition coefficient (Wildman–Crippen LogP) is 3.05. The van der Waals surface area contributed by atoms with Gasteiger partial charge in [0.1, 0.15) is 5.82 Å². The highest BCUT2D eigenvalue weighted by Gasteiger charge is 2.44. The number of rotatable bonds is 4. The molecule has 21 heavy (non-hydrogen) atoms. The molecular weight excluding hydrogens is 380 g/mol. The molecule has 2 unspecified atom stereocenters. The number of guanidine groups is 1. The molecule has 2 N–H and O–H groups in total. The minimum atomic E-state index is -0.150. The van der Waals surface area contributed by atoms with Crippen molar-refractivity contribution in [2.24, 2.45) is 10.9 Å². The van der Waals surface area contributed by atoms with E-state index in [0.29, 0.717) is 6.04 Å². The lowest BCUT2D eigenvalue weighted by Crippen LogP contribution is -2.42. The molecule has 2 saturated carbocycles. The van der Waals surface area contributed by atoms with Gasteiger partial charge in [-0.25, -0.2) is 4.39 Å². The molecule has 116 valence electrons. The predicted molar refractivity (Wildman–Crippen MR) is 94.8 cm³/mol. The SMILES string of the molecule is CN=C(NCC1(c2cccc(F)c2)CC1)NC1CC1C.I. The zero-order valence-electron chi connectivity index (χ0n) is 12.5. The van der Waals surface area contributed by atoms with Crippen LogP contribution in [0.4, 0.5) is 4.39 Å². The number of benzene rings is 1. The standard InChI is InChI=1S/C16H22FN3.HI/c1-11-8-14(11)20-15(18-2)19-10-16(6-7-16)12-4-3-5-13(17)9-12;/h3-5,9,11,14H,6-8,10H2,1-2H3,(H2,18,19,20);1H. The van der Waals surface area contributed by atoms with Crippen LogP contribution in [-0.4, -0.2) is 25.6 Å². The molecule has 5 heteroatoms. The maximum absolute atomic E-state index is 13.4. The number of nitrogens with one attached hydrogen (secondary N) is 2. The lowest BCUT2D eigenvalue weighted by Gasteiger charge is -2.19. The van der Waals surface area contributed by atoms with Gasteiger partial charge in [-0.3, -0.25) is 4.99 Å². The number of hydrogen-bond donors (Lipinski definition) is 2. The Morgan fingerprint density at radius 3 is 2.67 bits per heavy atom. The smallest absolute Gasteiger partial charge is 0.191 e. The first-order valence-corrected chi connectivity index (χ1v) is 7.36. The number of halogens is 2. The second-order valence-corrected chi connectivity index (χ2v) is 6.18. The van der Waals surface area contributed by atoms with E-state index in [1.54, 1.807) is 19.2 Å². The van der Waals surface area contributed by atoms with Crippen LogP contribution < -0.4 is 10.6 Å². The van der Waals surface area contributed by atoms with Gasteiger partial charge in [0.05, 0.1) is 0 Å². The molecule has 0 radical (unpaired) electrons. The van der Waals surface area contributed by atoms with Crippen LogP contribution in [0.15, 0.2) is 29.3 Å². The third-order valence-electron chi connectivity index (χ3n) is 4.54. The highest BCUT2D eigenvalue weighted by Crippen LogP contribution is 2.47. The topological polar surface area (TPSA) is 36.4 Å². The summed E-state index contributed by atoms with van der Waals surface area (Å²) >= 11 is 0. The average molecular weight is 403 g/mol. The Labute approximate surface area is 142 Å². The molecule has 2 fully saturated rings. The van der Waals surface area contributed by atoms with Gasteiger partial charge < -0.3 is 10.6 Å². The Bertz CT molecular complexity index is 528. The second kappa shape index (κ2) is 6.50. The molecule has 2 atom stereocenters. The van der Waals surface area contributed by atoms with Crippen molar-refractivity contribution in [2.45, 2.75) is 37.6 Å². The van der Waals surface area contributed by atoms with E-state index in [1.807, 2.05) is 6.07 Å². The van der Waals surface area contributed by atoms with Crippen LogP contribution in [0.5, 0.6) is 0 Å². The molecule has 0 bridgehead atoms. The fraction of sp³-hybridized carbons (Fsp3) is 0.562. The first-order valence-electron chi connectivity index (χ1n) is 7.36. The van der Waals surface area contributed by atoms with Gasteiger partial charge >= 0.3 is 0 Å². The summed E-state index contributed by atoms with van der Waals surface area (Å²) in [6, 6.07) is 7.54. The van der Waals surface area contributed by atoms with E-state index < -0.39 is 0 Å². The fourth-order valence-electron chi connectivity index (χ4n) is 2.68. The van der Waals surface area contributed by atoms with E-state index in [1.165, 1.54) is 12.5 Å². The molecule has 2 aliphatic carbocycles. The zero-order valence-corrected chi connectivity index (χ0v) is 14.9. The summed E-state index contributed by atoms with van der Waals surface area (Å²) in [7, 11) is 1.80. The first kappa shape index (κ1) is 16.5. The Kier molecular flexibility index (Phi) is 5.11. The summed E-state index contributed by atoms with van der Waals surface area (Å²) in [5.41, 5.74) is 1.19. The maximum atomic E-state index is 13.4. The van der Waals surface area contributed by atoms with Gasteiger partial charge in [-0.2, -0.15) is 0 Å². The van der Waals surface area contributed by atoms with E-state index in [4.69, 9.17) is 0 Å². The molecule has 2 aliphatic rings. The van der Waals surface area contributed by atoms with Crippen LogP contribution in [-0.2, 0) is 5.41 Å². The molecule has 1 aromatic carbocycles. The third kappa shape index (κ3) is 3.87. The summed E-state index contributed by atoms with van der Waals surface area (Å²) in [6.07, 6.45) is 3.44. The second-order valence-electron chi connectivity index (χ2n) is 6.18. The molecule has 3 rings (SSSR count). The minimum Gasteiger partial charge on any atom is -0.356 e. The van der Waals surface area contributed by atoms with E-state index in [0.717, 1.165) is 36.8 Å². The van der Waals surface area contributed by atoms with Crippen molar-refractivity contribution in [1.82, 2.24) is 10.6 Å². The van der Waals surface area contributed by atoms with Crippen LogP contribution in [0, 0.1) is 11.7 Å². The van der Waals surface area contributed by atoms with Crippen LogP contribution >= 0.6 is 24.0 Å². The van der Waals surface area contributed by atoms with Gasteiger partial charge in [0.2, 0.25) is 0 Å². The summed E-state index contributed by atoms with van der Waals surface area (Å²) in [5.74, 6) is 1.46. The zero-order chi connectivity index (χ0) is 14.2. The summed E-state index contributed by atoms with van der Waals surface area (Å²) < 4.78 is 13.4. The van der Waals surface area contributed by atoms with Crippen LogP contribution in [0.2, 0.25) is 0 Å². The molecule has 1 aromatic rings. The summed E-state index contributed by atoms with van der Waals surface area (Å²) in [6.45, 7) is 3.05. The molecule has 0 amide bonds. The summed E-state index contributed by atoms with van der Waals surface area (Å²) in [4.78, 5) is 4.27. The van der Waals surface area contributed by atoms with E-state index in [-0.39, 0.29) is 35.2 Å². The van der Waals surface area contributed by atoms with Crippen molar-refractivity contribution in [3.05, 3.63) is 35.6 Å². The van der Waals surface area contributed by atoms with Crippen molar-refractivity contribution in [2.75, 3.05) is 13.6 Å². The fourth-order valence-corrected chi connectivity index (χ4v) is 2.68. The largest absolute Gasteiger partial charge is 0.356 e. The third-order valence-corrected chi connectivity index (χ3v) is 4.54. The summed E-state index contributed by atoms with van der Waals surface area (Å²) in [5, 5.41) is 6.82. The number of hydrogen-bond acceptors (Lipinski definition) is 1. The van der Waals surface area contributed by atoms with Crippen molar-refractivity contribution < 1.29 is 4.39 Å². The molecule has 0 saturated heterocycles. The van der Waals surface area contributed by atoms with Crippen LogP contribution in [0.3, 0.4) is 0 Å². The lowest BCUT2D eigenvalue weighted by molar-refractivity contribution is 0.606. The highest BCUT2D eigenvalue weighted by atomic mass is 127. The molecule has 3 nitrogen and oxygen atoms in total. The van der Waals surface area contributed by atoms with Gasteiger partial charge in [-0.15, -0.1) is 24.0 Å². The van der Waals surface area contributed by atoms with Crippen molar-refractivity contribution >= 4 is 29.9 Å². The lowest BCUT2D eigenvalue weighted by atomic mass is 9.96. The van der Waals surface area contributed by atoms with E-state index in [2.05, 4.69) is 22.5 Å². The van der Waals surface area contributed by atoms with Crippen LogP contribution in [0.25, 0.3) is 0 Å². The van der Waals surface area contributed by atoms with Gasteiger partial charge in [0.25, 0.3) is 0 Å². The molecular formula is C16H23FIN3. The average Bonchev–Trinajstić information content (AvgIpc) is 3.34. The quantitative estimate of drug-likeness (QED) is 0.461. The van der Waals surface area contributed by atoms with Crippen molar-refractivity contribution in [3.8, 4) is 0 Å². The van der Waals surface area contributed by atoms with Crippen molar-refractivity contribution in [3.63, 3.8) is 0 Å². The Morgan fingerprint density at radius 2 is 2.14 bits per heavy atom. The Morgan fingerprint density at radius 1 is 1.43 bits per heavy atom. The monoisotopic (exact) mass is 403 g/mol. The van der Waals surface area contributed by atoms with Gasteiger partial charge in [0.15, 0.2) is 5.96 Å². The van der Waals surface area contributed by atoms with Crippen molar-refractivity contribution in [1.29, 1.82) is 0 Å².